The molecule has 0 unspecified atom stereocenters. The molecule has 2 rings (SSSR count). The number of halogens is 1. The number of nitrogens with zero attached hydrogens (tertiary/aromatic N) is 1. The summed E-state index contributed by atoms with van der Waals surface area (Å²) in [6, 6.07) is 11.7. The van der Waals surface area contributed by atoms with Crippen molar-refractivity contribution in [2.75, 3.05) is 20.7 Å². The first-order valence-electron chi connectivity index (χ1n) is 9.37. The van der Waals surface area contributed by atoms with E-state index in [1.54, 1.807) is 7.11 Å². The van der Waals surface area contributed by atoms with Crippen LogP contribution in [0.15, 0.2) is 42.5 Å². The van der Waals surface area contributed by atoms with E-state index in [2.05, 4.69) is 31.1 Å². The van der Waals surface area contributed by atoms with Crippen LogP contribution in [0.3, 0.4) is 0 Å². The monoisotopic (exact) mass is 388 g/mol. The molecule has 28 heavy (non-hydrogen) atoms. The molecule has 1 N–H and O–H groups in total. The van der Waals surface area contributed by atoms with Gasteiger partial charge in [-0.05, 0) is 69.8 Å². The summed E-state index contributed by atoms with van der Waals surface area (Å²) >= 11 is 0. The van der Waals surface area contributed by atoms with Gasteiger partial charge in [0.15, 0.2) is 11.5 Å². The molecule has 1 atom stereocenters. The van der Waals surface area contributed by atoms with Gasteiger partial charge in [-0.1, -0.05) is 6.07 Å². The highest BCUT2D eigenvalue weighted by atomic mass is 19.1. The average Bonchev–Trinajstić information content (AvgIpc) is 2.66. The summed E-state index contributed by atoms with van der Waals surface area (Å²) in [5, 5.41) is 2.80. The zero-order valence-electron chi connectivity index (χ0n) is 17.2. The van der Waals surface area contributed by atoms with Crippen molar-refractivity contribution in [3.05, 3.63) is 59.4 Å². The standard InChI is InChI=1S/C22H29FN2O3/c1-15(2)25(4)14-17-6-11-20(27-5)21(12-17)28-16(3)13-24-22(26)18-7-9-19(23)10-8-18/h6-12,15-16H,13-14H2,1-5H3,(H,24,26)/t16-/m1/s1. The minimum atomic E-state index is -0.372. The number of ether oxygens (including phenoxy) is 2. The molecule has 0 bridgehead atoms. The van der Waals surface area contributed by atoms with Gasteiger partial charge in [0.05, 0.1) is 13.7 Å². The molecule has 152 valence electrons. The lowest BCUT2D eigenvalue weighted by atomic mass is 10.1. The molecule has 2 aromatic carbocycles. The third-order valence-corrected chi connectivity index (χ3v) is 4.53. The van der Waals surface area contributed by atoms with Gasteiger partial charge in [0.2, 0.25) is 0 Å². The van der Waals surface area contributed by atoms with Gasteiger partial charge in [-0.15, -0.1) is 0 Å². The Balaban J connectivity index is 1.98. The van der Waals surface area contributed by atoms with Crippen LogP contribution in [0.2, 0.25) is 0 Å². The highest BCUT2D eigenvalue weighted by Gasteiger charge is 2.14. The number of carbonyl (C=O) groups is 1. The van der Waals surface area contributed by atoms with E-state index in [4.69, 9.17) is 9.47 Å². The molecular formula is C22H29FN2O3. The van der Waals surface area contributed by atoms with Crippen LogP contribution in [0, 0.1) is 5.82 Å². The molecule has 0 saturated carbocycles. The SMILES string of the molecule is COc1ccc(CN(C)C(C)C)cc1O[C@H](C)CNC(=O)c1ccc(F)cc1. The quantitative estimate of drug-likeness (QED) is 0.708. The smallest absolute Gasteiger partial charge is 0.251 e. The van der Waals surface area contributed by atoms with Gasteiger partial charge in [0.1, 0.15) is 11.9 Å². The zero-order chi connectivity index (χ0) is 20.7. The van der Waals surface area contributed by atoms with E-state index < -0.39 is 0 Å². The van der Waals surface area contributed by atoms with Crippen molar-refractivity contribution >= 4 is 5.91 Å². The van der Waals surface area contributed by atoms with Crippen LogP contribution in [0.5, 0.6) is 11.5 Å². The van der Waals surface area contributed by atoms with Crippen LogP contribution < -0.4 is 14.8 Å². The molecule has 0 heterocycles. The Labute approximate surface area is 166 Å². The number of benzene rings is 2. The van der Waals surface area contributed by atoms with Crippen molar-refractivity contribution in [1.29, 1.82) is 0 Å². The van der Waals surface area contributed by atoms with Crippen LogP contribution >= 0.6 is 0 Å². The van der Waals surface area contributed by atoms with Crippen LogP contribution in [0.4, 0.5) is 4.39 Å². The van der Waals surface area contributed by atoms with E-state index in [1.165, 1.54) is 24.3 Å². The molecular weight excluding hydrogens is 359 g/mol. The Hall–Kier alpha value is -2.60. The second kappa shape index (κ2) is 10.1. The van der Waals surface area contributed by atoms with E-state index >= 15 is 0 Å². The Morgan fingerprint density at radius 1 is 1.11 bits per heavy atom. The Bertz CT molecular complexity index is 778. The molecule has 0 fully saturated rings. The predicted molar refractivity (Wildman–Crippen MR) is 108 cm³/mol. The second-order valence-electron chi connectivity index (χ2n) is 7.14. The third-order valence-electron chi connectivity index (χ3n) is 4.53. The maximum absolute atomic E-state index is 13.0. The van der Waals surface area contributed by atoms with E-state index in [0.29, 0.717) is 29.6 Å². The molecule has 0 aromatic heterocycles. The maximum Gasteiger partial charge on any atom is 0.251 e. The molecule has 0 aliphatic rings. The largest absolute Gasteiger partial charge is 0.493 e. The number of amides is 1. The first kappa shape index (κ1) is 21.7. The first-order valence-corrected chi connectivity index (χ1v) is 9.37. The Kier molecular flexibility index (Phi) is 7.81. The zero-order valence-corrected chi connectivity index (χ0v) is 17.2. The predicted octanol–water partition coefficient (Wildman–Crippen LogP) is 3.87. The lowest BCUT2D eigenvalue weighted by molar-refractivity contribution is 0.0931. The van der Waals surface area contributed by atoms with E-state index in [1.807, 2.05) is 25.1 Å². The topological polar surface area (TPSA) is 50.8 Å². The normalized spacial score (nSPS) is 12.1. The molecule has 1 amide bonds. The number of rotatable bonds is 9. The summed E-state index contributed by atoms with van der Waals surface area (Å²) in [5.74, 6) is 0.645. The van der Waals surface area contributed by atoms with E-state index in [9.17, 15) is 9.18 Å². The molecule has 0 saturated heterocycles. The third kappa shape index (κ3) is 6.23. The summed E-state index contributed by atoms with van der Waals surface area (Å²) in [6.07, 6.45) is -0.267. The van der Waals surface area contributed by atoms with Crippen molar-refractivity contribution in [1.82, 2.24) is 10.2 Å². The number of nitrogens with one attached hydrogen (secondary N) is 1. The lowest BCUT2D eigenvalue weighted by Gasteiger charge is -2.22. The molecule has 5 nitrogen and oxygen atoms in total. The van der Waals surface area contributed by atoms with Gasteiger partial charge >= 0.3 is 0 Å². The summed E-state index contributed by atoms with van der Waals surface area (Å²) < 4.78 is 24.4. The van der Waals surface area contributed by atoms with Crippen molar-refractivity contribution in [3.8, 4) is 11.5 Å². The van der Waals surface area contributed by atoms with Crippen molar-refractivity contribution in [3.63, 3.8) is 0 Å². The fraction of sp³-hybridized carbons (Fsp3) is 0.409. The van der Waals surface area contributed by atoms with Crippen molar-refractivity contribution < 1.29 is 18.7 Å². The van der Waals surface area contributed by atoms with Gasteiger partial charge < -0.3 is 14.8 Å². The Morgan fingerprint density at radius 3 is 2.39 bits per heavy atom. The van der Waals surface area contributed by atoms with E-state index in [-0.39, 0.29) is 17.8 Å². The number of hydrogen-bond donors (Lipinski definition) is 1. The first-order chi connectivity index (χ1) is 13.3. The molecule has 6 heteroatoms. The van der Waals surface area contributed by atoms with Crippen LogP contribution in [0.1, 0.15) is 36.7 Å². The van der Waals surface area contributed by atoms with Crippen LogP contribution in [-0.4, -0.2) is 43.7 Å². The van der Waals surface area contributed by atoms with Gasteiger partial charge in [0, 0.05) is 18.2 Å². The highest BCUT2D eigenvalue weighted by molar-refractivity contribution is 5.94. The molecule has 0 aliphatic heterocycles. The summed E-state index contributed by atoms with van der Waals surface area (Å²) in [4.78, 5) is 14.4. The summed E-state index contributed by atoms with van der Waals surface area (Å²) in [6.45, 7) is 7.28. The van der Waals surface area contributed by atoms with Gasteiger partial charge in [-0.3, -0.25) is 9.69 Å². The lowest BCUT2D eigenvalue weighted by Crippen LogP contribution is -2.33. The number of methoxy groups -OCH3 is 1. The van der Waals surface area contributed by atoms with Crippen molar-refractivity contribution in [2.45, 2.75) is 39.5 Å². The minimum absolute atomic E-state index is 0.267. The number of carbonyl (C=O) groups excluding carboxylic acids is 1. The maximum atomic E-state index is 13.0. The van der Waals surface area contributed by atoms with Gasteiger partial charge in [-0.25, -0.2) is 4.39 Å². The van der Waals surface area contributed by atoms with Crippen LogP contribution in [-0.2, 0) is 6.54 Å². The van der Waals surface area contributed by atoms with E-state index in [0.717, 1.165) is 12.1 Å². The highest BCUT2D eigenvalue weighted by Crippen LogP contribution is 2.29. The molecule has 2 aromatic rings. The fourth-order valence-corrected chi connectivity index (χ4v) is 2.58. The van der Waals surface area contributed by atoms with Crippen LogP contribution in [0.25, 0.3) is 0 Å². The minimum Gasteiger partial charge on any atom is -0.493 e. The summed E-state index contributed by atoms with van der Waals surface area (Å²) in [7, 11) is 3.67. The second-order valence-corrected chi connectivity index (χ2v) is 7.14. The van der Waals surface area contributed by atoms with Gasteiger partial charge in [0.25, 0.3) is 5.91 Å². The average molecular weight is 388 g/mol. The molecule has 0 radical (unpaired) electrons. The fourth-order valence-electron chi connectivity index (χ4n) is 2.58. The number of hydrogen-bond acceptors (Lipinski definition) is 4. The van der Waals surface area contributed by atoms with Crippen molar-refractivity contribution in [2.24, 2.45) is 0 Å². The molecule has 0 aliphatic carbocycles. The molecule has 0 spiro atoms. The van der Waals surface area contributed by atoms with Gasteiger partial charge in [-0.2, -0.15) is 0 Å². The summed E-state index contributed by atoms with van der Waals surface area (Å²) in [5.41, 5.74) is 1.53. The Morgan fingerprint density at radius 2 is 1.79 bits per heavy atom.